The number of anilines is 1. The lowest BCUT2D eigenvalue weighted by atomic mass is 10.6. The van der Waals surface area contributed by atoms with Crippen LogP contribution in [0.15, 0.2) is 29.8 Å². The summed E-state index contributed by atoms with van der Waals surface area (Å²) in [6.45, 7) is 0.756. The second kappa shape index (κ2) is 4.78. The molecule has 0 saturated heterocycles. The van der Waals surface area contributed by atoms with Crippen molar-refractivity contribution in [3.63, 3.8) is 0 Å². The Labute approximate surface area is 104 Å². The average Bonchev–Trinajstić information content (AvgIpc) is 2.88. The first-order chi connectivity index (χ1) is 8.49. The van der Waals surface area contributed by atoms with Gasteiger partial charge in [-0.2, -0.15) is 5.10 Å². The molecule has 0 radical (unpaired) electrons. The minimum atomic E-state index is -3.62. The van der Waals surface area contributed by atoms with Gasteiger partial charge in [0, 0.05) is 38.7 Å². The maximum atomic E-state index is 11.9. The standard InChI is InChI=1S/C9H14N6O2S/c1-14-6-8(9(10)13-14)18(16,17)12-3-5-15-4-2-11-7-15/h2,4,6-7,12H,3,5H2,1H3,(H2,10,13). The molecule has 0 atom stereocenters. The number of nitrogen functional groups attached to an aromatic ring is 1. The molecule has 0 saturated carbocycles. The molecule has 2 aromatic rings. The minimum Gasteiger partial charge on any atom is -0.381 e. The molecule has 0 spiro atoms. The summed E-state index contributed by atoms with van der Waals surface area (Å²) < 4.78 is 29.4. The number of aromatic nitrogens is 4. The van der Waals surface area contributed by atoms with Crippen LogP contribution in [-0.2, 0) is 23.6 Å². The second-order valence-electron chi connectivity index (χ2n) is 3.75. The summed E-state index contributed by atoms with van der Waals surface area (Å²) in [7, 11) is -2.00. The van der Waals surface area contributed by atoms with Crippen molar-refractivity contribution < 1.29 is 8.42 Å². The van der Waals surface area contributed by atoms with Crippen molar-refractivity contribution in [2.75, 3.05) is 12.3 Å². The van der Waals surface area contributed by atoms with Crippen molar-refractivity contribution in [2.24, 2.45) is 7.05 Å². The van der Waals surface area contributed by atoms with E-state index < -0.39 is 10.0 Å². The molecule has 98 valence electrons. The lowest BCUT2D eigenvalue weighted by Gasteiger charge is -2.05. The number of hydrogen-bond donors (Lipinski definition) is 2. The van der Waals surface area contributed by atoms with Gasteiger partial charge < -0.3 is 10.3 Å². The number of nitrogens with two attached hydrogens (primary N) is 1. The molecule has 0 bridgehead atoms. The van der Waals surface area contributed by atoms with E-state index in [1.807, 2.05) is 0 Å². The van der Waals surface area contributed by atoms with E-state index in [1.165, 1.54) is 10.9 Å². The SMILES string of the molecule is Cn1cc(S(=O)(=O)NCCn2ccnc2)c(N)n1. The molecule has 3 N–H and O–H groups in total. The van der Waals surface area contributed by atoms with Gasteiger partial charge in [-0.05, 0) is 0 Å². The Hall–Kier alpha value is -1.87. The number of nitrogens with one attached hydrogen (secondary N) is 1. The van der Waals surface area contributed by atoms with Gasteiger partial charge in [0.05, 0.1) is 6.33 Å². The number of imidazole rings is 1. The maximum Gasteiger partial charge on any atom is 0.245 e. The maximum absolute atomic E-state index is 11.9. The Bertz CT molecular complexity index is 616. The van der Waals surface area contributed by atoms with Crippen LogP contribution in [0.2, 0.25) is 0 Å². The van der Waals surface area contributed by atoms with Crippen LogP contribution in [0, 0.1) is 0 Å². The first kappa shape index (κ1) is 12.6. The fourth-order valence-corrected chi connectivity index (χ4v) is 2.62. The van der Waals surface area contributed by atoms with Crippen molar-refractivity contribution in [1.29, 1.82) is 0 Å². The van der Waals surface area contributed by atoms with Gasteiger partial charge in [-0.3, -0.25) is 4.68 Å². The van der Waals surface area contributed by atoms with E-state index in [-0.39, 0.29) is 17.3 Å². The first-order valence-corrected chi connectivity index (χ1v) is 6.72. The summed E-state index contributed by atoms with van der Waals surface area (Å²) in [6.07, 6.45) is 6.38. The highest BCUT2D eigenvalue weighted by Crippen LogP contribution is 2.14. The molecule has 0 aliphatic rings. The molecule has 8 nitrogen and oxygen atoms in total. The third kappa shape index (κ3) is 2.68. The van der Waals surface area contributed by atoms with Crippen LogP contribution in [0.4, 0.5) is 5.82 Å². The van der Waals surface area contributed by atoms with E-state index in [2.05, 4.69) is 14.8 Å². The van der Waals surface area contributed by atoms with Crippen LogP contribution in [0.1, 0.15) is 0 Å². The predicted molar refractivity (Wildman–Crippen MR) is 65.0 cm³/mol. The van der Waals surface area contributed by atoms with E-state index >= 15 is 0 Å². The minimum absolute atomic E-state index is 0.00405. The highest BCUT2D eigenvalue weighted by atomic mass is 32.2. The molecule has 0 aromatic carbocycles. The molecule has 0 fully saturated rings. The molecule has 2 rings (SSSR count). The topological polar surface area (TPSA) is 108 Å². The van der Waals surface area contributed by atoms with E-state index in [4.69, 9.17) is 5.73 Å². The lowest BCUT2D eigenvalue weighted by molar-refractivity contribution is 0.573. The fourth-order valence-electron chi connectivity index (χ4n) is 1.50. The Balaban J connectivity index is 2.02. The van der Waals surface area contributed by atoms with E-state index in [9.17, 15) is 8.42 Å². The van der Waals surface area contributed by atoms with Gasteiger partial charge in [0.1, 0.15) is 4.90 Å². The van der Waals surface area contributed by atoms with Gasteiger partial charge in [-0.25, -0.2) is 18.1 Å². The molecule has 0 amide bonds. The first-order valence-electron chi connectivity index (χ1n) is 5.23. The summed E-state index contributed by atoms with van der Waals surface area (Å²) in [5.74, 6) is -0.00682. The molecule has 0 aliphatic heterocycles. The highest BCUT2D eigenvalue weighted by Gasteiger charge is 2.19. The van der Waals surface area contributed by atoms with Gasteiger partial charge in [-0.15, -0.1) is 0 Å². The van der Waals surface area contributed by atoms with Gasteiger partial charge in [-0.1, -0.05) is 0 Å². The lowest BCUT2D eigenvalue weighted by Crippen LogP contribution is -2.27. The fraction of sp³-hybridized carbons (Fsp3) is 0.333. The van der Waals surface area contributed by atoms with Crippen molar-refractivity contribution in [1.82, 2.24) is 24.1 Å². The number of nitrogens with zero attached hydrogens (tertiary/aromatic N) is 4. The summed E-state index contributed by atoms with van der Waals surface area (Å²) in [5.41, 5.74) is 5.53. The highest BCUT2D eigenvalue weighted by molar-refractivity contribution is 7.89. The quantitative estimate of drug-likeness (QED) is 0.738. The van der Waals surface area contributed by atoms with E-state index in [0.717, 1.165) is 0 Å². The Morgan fingerprint density at radius 3 is 2.83 bits per heavy atom. The van der Waals surface area contributed by atoms with Gasteiger partial charge >= 0.3 is 0 Å². The van der Waals surface area contributed by atoms with Gasteiger partial charge in [0.15, 0.2) is 5.82 Å². The number of hydrogen-bond acceptors (Lipinski definition) is 5. The number of aryl methyl sites for hydroxylation is 1. The Kier molecular flexibility index (Phi) is 3.34. The second-order valence-corrected chi connectivity index (χ2v) is 5.49. The van der Waals surface area contributed by atoms with Crippen LogP contribution in [0.3, 0.4) is 0 Å². The third-order valence-electron chi connectivity index (χ3n) is 2.33. The van der Waals surface area contributed by atoms with Crippen LogP contribution in [0.5, 0.6) is 0 Å². The number of rotatable bonds is 5. The Morgan fingerprint density at radius 2 is 2.28 bits per heavy atom. The van der Waals surface area contributed by atoms with Crippen LogP contribution in [-0.4, -0.2) is 34.3 Å². The van der Waals surface area contributed by atoms with Crippen molar-refractivity contribution >= 4 is 15.8 Å². The molecule has 0 aliphatic carbocycles. The molecule has 2 heterocycles. The van der Waals surface area contributed by atoms with E-state index in [1.54, 1.807) is 30.3 Å². The summed E-state index contributed by atoms with van der Waals surface area (Å²) in [5, 5.41) is 3.80. The molecule has 18 heavy (non-hydrogen) atoms. The van der Waals surface area contributed by atoms with Crippen LogP contribution in [0.25, 0.3) is 0 Å². The van der Waals surface area contributed by atoms with Gasteiger partial charge in [0.25, 0.3) is 0 Å². The zero-order chi connectivity index (χ0) is 13.2. The smallest absolute Gasteiger partial charge is 0.245 e. The largest absolute Gasteiger partial charge is 0.381 e. The molecule has 0 unspecified atom stereocenters. The normalized spacial score (nSPS) is 11.8. The monoisotopic (exact) mass is 270 g/mol. The van der Waals surface area contributed by atoms with E-state index in [0.29, 0.717) is 6.54 Å². The van der Waals surface area contributed by atoms with Crippen LogP contribution >= 0.6 is 0 Å². The van der Waals surface area contributed by atoms with Crippen molar-refractivity contribution in [3.8, 4) is 0 Å². The van der Waals surface area contributed by atoms with Crippen molar-refractivity contribution in [3.05, 3.63) is 24.9 Å². The number of sulfonamides is 1. The zero-order valence-corrected chi connectivity index (χ0v) is 10.6. The molecular formula is C9H14N6O2S. The Morgan fingerprint density at radius 1 is 1.50 bits per heavy atom. The van der Waals surface area contributed by atoms with Gasteiger partial charge in [0.2, 0.25) is 10.0 Å². The summed E-state index contributed by atoms with van der Waals surface area (Å²) >= 11 is 0. The average molecular weight is 270 g/mol. The summed E-state index contributed by atoms with van der Waals surface area (Å²) in [6, 6.07) is 0. The zero-order valence-electron chi connectivity index (χ0n) is 9.81. The predicted octanol–water partition coefficient (Wildman–Crippen LogP) is -0.823. The molecular weight excluding hydrogens is 256 g/mol. The molecule has 2 aromatic heterocycles. The summed E-state index contributed by atoms with van der Waals surface area (Å²) in [4.78, 5) is 3.86. The van der Waals surface area contributed by atoms with Crippen LogP contribution < -0.4 is 10.5 Å². The molecule has 9 heteroatoms. The third-order valence-corrected chi connectivity index (χ3v) is 3.81. The van der Waals surface area contributed by atoms with Crippen molar-refractivity contribution in [2.45, 2.75) is 11.4 Å².